The fraction of sp³-hybridized carbons (Fsp3) is 0.645. The fourth-order valence-electron chi connectivity index (χ4n) is 6.38. The number of nitrogens with zero attached hydrogens (tertiary/aromatic N) is 1. The summed E-state index contributed by atoms with van der Waals surface area (Å²) in [4.78, 5) is 31.0. The second kappa shape index (κ2) is 10.8. The van der Waals surface area contributed by atoms with Gasteiger partial charge in [-0.2, -0.15) is 0 Å². The minimum absolute atomic E-state index is 0.0234. The zero-order chi connectivity index (χ0) is 27.0. The van der Waals surface area contributed by atoms with E-state index in [1.54, 1.807) is 27.0 Å². The maximum Gasteiger partial charge on any atom is 0.309 e. The van der Waals surface area contributed by atoms with Crippen molar-refractivity contribution in [2.45, 2.75) is 97.9 Å². The highest BCUT2D eigenvalue weighted by Crippen LogP contribution is 2.54. The number of esters is 1. The fourth-order valence-corrected chi connectivity index (χ4v) is 6.38. The van der Waals surface area contributed by atoms with Crippen molar-refractivity contribution in [3.05, 3.63) is 42.1 Å². The minimum atomic E-state index is -1.21. The molecule has 2 fully saturated rings. The lowest BCUT2D eigenvalue weighted by molar-refractivity contribution is -0.158. The van der Waals surface area contributed by atoms with Crippen LogP contribution in [0.2, 0.25) is 0 Å². The minimum Gasteiger partial charge on any atom is -0.457 e. The molecule has 0 radical (unpaired) electrons. The highest BCUT2D eigenvalue weighted by molar-refractivity contribution is 5.88. The molecular formula is C31H43NO5. The third-order valence-electron chi connectivity index (χ3n) is 9.57. The van der Waals surface area contributed by atoms with Gasteiger partial charge in [-0.1, -0.05) is 59.2 Å². The van der Waals surface area contributed by atoms with Gasteiger partial charge in [0.25, 0.3) is 0 Å². The van der Waals surface area contributed by atoms with Gasteiger partial charge in [-0.25, -0.2) is 0 Å². The summed E-state index contributed by atoms with van der Waals surface area (Å²) in [6, 6.07) is 9.92. The number of ketones is 1. The van der Waals surface area contributed by atoms with E-state index in [1.807, 2.05) is 37.3 Å². The molecule has 1 aromatic carbocycles. The van der Waals surface area contributed by atoms with Crippen LogP contribution in [-0.4, -0.2) is 39.2 Å². The number of aliphatic hydroxyl groups is 2. The van der Waals surface area contributed by atoms with Crippen LogP contribution in [0.15, 0.2) is 36.5 Å². The van der Waals surface area contributed by atoms with E-state index >= 15 is 0 Å². The van der Waals surface area contributed by atoms with Crippen LogP contribution in [0.1, 0.15) is 91.2 Å². The van der Waals surface area contributed by atoms with Gasteiger partial charge in [0.05, 0.1) is 29.6 Å². The van der Waals surface area contributed by atoms with Crippen LogP contribution in [0.3, 0.4) is 0 Å². The molecule has 2 aliphatic rings. The number of aromatic nitrogens is 1. The van der Waals surface area contributed by atoms with Gasteiger partial charge in [-0.05, 0) is 67.1 Å². The summed E-state index contributed by atoms with van der Waals surface area (Å²) in [7, 11) is 0. The van der Waals surface area contributed by atoms with Crippen molar-refractivity contribution in [3.63, 3.8) is 0 Å². The van der Waals surface area contributed by atoms with Gasteiger partial charge in [-0.3, -0.25) is 14.6 Å². The van der Waals surface area contributed by atoms with Gasteiger partial charge in [-0.15, -0.1) is 0 Å². The lowest BCUT2D eigenvalue weighted by Crippen LogP contribution is -2.46. The summed E-state index contributed by atoms with van der Waals surface area (Å²) in [5.41, 5.74) is 0.730. The average molecular weight is 510 g/mol. The number of fused-ring (bicyclic) bond motifs is 2. The Balaban J connectivity index is 1.64. The van der Waals surface area contributed by atoms with Gasteiger partial charge in [0.2, 0.25) is 0 Å². The van der Waals surface area contributed by atoms with E-state index in [4.69, 9.17) is 4.74 Å². The smallest absolute Gasteiger partial charge is 0.309 e. The molecule has 7 atom stereocenters. The quantitative estimate of drug-likeness (QED) is 0.473. The normalized spacial score (nSPS) is 35.9. The number of benzene rings is 1. The van der Waals surface area contributed by atoms with E-state index in [2.05, 4.69) is 11.9 Å². The van der Waals surface area contributed by atoms with E-state index in [1.165, 1.54) is 0 Å². The first-order valence-corrected chi connectivity index (χ1v) is 13.9. The lowest BCUT2D eigenvalue weighted by atomic mass is 9.57. The van der Waals surface area contributed by atoms with E-state index < -0.39 is 35.6 Å². The Morgan fingerprint density at radius 1 is 1.03 bits per heavy atom. The van der Waals surface area contributed by atoms with Crippen LogP contribution >= 0.6 is 0 Å². The first-order valence-electron chi connectivity index (χ1n) is 13.9. The third-order valence-corrected chi connectivity index (χ3v) is 9.57. The van der Waals surface area contributed by atoms with Crippen LogP contribution in [0.5, 0.6) is 0 Å². The van der Waals surface area contributed by atoms with Crippen molar-refractivity contribution >= 4 is 22.7 Å². The summed E-state index contributed by atoms with van der Waals surface area (Å²) in [5, 5.41) is 22.9. The van der Waals surface area contributed by atoms with E-state index in [9.17, 15) is 19.8 Å². The van der Waals surface area contributed by atoms with Gasteiger partial charge < -0.3 is 14.9 Å². The molecule has 1 aliphatic heterocycles. The Bertz CT molecular complexity index is 1130. The largest absolute Gasteiger partial charge is 0.457 e. The second-order valence-corrected chi connectivity index (χ2v) is 12.5. The predicted molar refractivity (Wildman–Crippen MR) is 144 cm³/mol. The number of carbonyl (C=O) groups excluding carboxylic acids is 2. The second-order valence-electron chi connectivity index (χ2n) is 12.5. The zero-order valence-electron chi connectivity index (χ0n) is 22.9. The van der Waals surface area contributed by atoms with E-state index in [-0.39, 0.29) is 23.5 Å². The third kappa shape index (κ3) is 5.75. The molecule has 2 heterocycles. The van der Waals surface area contributed by atoms with Crippen LogP contribution < -0.4 is 0 Å². The molecule has 6 nitrogen and oxygen atoms in total. The Morgan fingerprint density at radius 2 is 1.78 bits per heavy atom. The molecule has 2 N–H and O–H groups in total. The Kier molecular flexibility index (Phi) is 8.10. The van der Waals surface area contributed by atoms with Crippen LogP contribution in [-0.2, 0) is 14.3 Å². The highest BCUT2D eigenvalue weighted by atomic mass is 16.5. The average Bonchev–Trinajstić information content (AvgIpc) is 2.87. The molecule has 4 rings (SSSR count). The monoisotopic (exact) mass is 509 g/mol. The van der Waals surface area contributed by atoms with Crippen molar-refractivity contribution in [2.75, 3.05) is 0 Å². The zero-order valence-corrected chi connectivity index (χ0v) is 22.9. The van der Waals surface area contributed by atoms with Crippen LogP contribution in [0.4, 0.5) is 0 Å². The van der Waals surface area contributed by atoms with E-state index in [0.29, 0.717) is 12.3 Å². The van der Waals surface area contributed by atoms with E-state index in [0.717, 1.165) is 48.6 Å². The summed E-state index contributed by atoms with van der Waals surface area (Å²) in [6.07, 6.45) is 4.86. The molecule has 202 valence electrons. The molecule has 1 saturated heterocycles. The number of hydrogen-bond donors (Lipinski definition) is 2. The van der Waals surface area contributed by atoms with Crippen LogP contribution in [0, 0.1) is 28.6 Å². The number of hydrogen-bond acceptors (Lipinski definition) is 6. The van der Waals surface area contributed by atoms with Crippen molar-refractivity contribution in [1.82, 2.24) is 4.98 Å². The molecular weight excluding hydrogens is 466 g/mol. The molecule has 37 heavy (non-hydrogen) atoms. The molecule has 0 amide bonds. The maximum atomic E-state index is 13.3. The Labute approximate surface area is 220 Å². The predicted octanol–water partition coefficient (Wildman–Crippen LogP) is 5.79. The number of cyclic esters (lactones) is 1. The van der Waals surface area contributed by atoms with Gasteiger partial charge >= 0.3 is 5.97 Å². The van der Waals surface area contributed by atoms with Crippen molar-refractivity contribution in [2.24, 2.45) is 28.6 Å². The molecule has 1 aliphatic carbocycles. The molecule has 1 aromatic heterocycles. The molecule has 6 heteroatoms. The first-order chi connectivity index (χ1) is 17.4. The summed E-state index contributed by atoms with van der Waals surface area (Å²) in [6.45, 7) is 9.35. The number of aliphatic hydroxyl groups excluding tert-OH is 2. The molecule has 0 unspecified atom stereocenters. The SMILES string of the molecule is C[C@H]1CCC[C@@]2(C)CC[C@H]2C[C@@H](c2ccc3cccnc3c2)OC(=O)C[C@H](O)C(C)(C)C(=O)[C@H](C)[C@H]1O. The molecule has 0 spiro atoms. The van der Waals surface area contributed by atoms with Gasteiger partial charge in [0, 0.05) is 17.5 Å². The number of rotatable bonds is 1. The Morgan fingerprint density at radius 3 is 2.49 bits per heavy atom. The highest BCUT2D eigenvalue weighted by Gasteiger charge is 2.45. The van der Waals surface area contributed by atoms with Crippen molar-refractivity contribution < 1.29 is 24.5 Å². The number of carbonyl (C=O) groups is 2. The molecule has 2 aromatic rings. The van der Waals surface area contributed by atoms with Gasteiger partial charge in [0.1, 0.15) is 11.9 Å². The van der Waals surface area contributed by atoms with Gasteiger partial charge in [0.15, 0.2) is 0 Å². The first kappa shape index (κ1) is 27.7. The maximum absolute atomic E-state index is 13.3. The Hall–Kier alpha value is -2.31. The standard InChI is InChI=1S/C31H43NO5/c1-19-8-6-13-31(5)14-12-23(31)17-25(22-11-10-21-9-7-15-32-24(21)16-22)37-27(34)18-26(33)30(3,4)29(36)20(2)28(19)35/h7,9-11,15-16,19-20,23,25-26,28,33,35H,6,8,12-14,17-18H2,1-5H3/t19-,20+,23-,25-,26-,28-,31-/m0/s1. The number of ether oxygens (including phenoxy) is 1. The number of Topliss-reactive ketones (excluding diaryl/α,β-unsaturated/α-hetero) is 1. The molecule has 0 bridgehead atoms. The van der Waals surface area contributed by atoms with Crippen molar-refractivity contribution in [3.8, 4) is 0 Å². The summed E-state index contributed by atoms with van der Waals surface area (Å²) in [5.74, 6) is -0.991. The lowest BCUT2D eigenvalue weighted by Gasteiger charge is -2.49. The topological polar surface area (TPSA) is 96.7 Å². The molecule has 1 saturated carbocycles. The number of pyridine rings is 1. The summed E-state index contributed by atoms with van der Waals surface area (Å²) >= 11 is 0. The van der Waals surface area contributed by atoms with Crippen LogP contribution in [0.25, 0.3) is 10.9 Å². The van der Waals surface area contributed by atoms with Crippen molar-refractivity contribution in [1.29, 1.82) is 0 Å². The summed E-state index contributed by atoms with van der Waals surface area (Å²) < 4.78 is 6.06.